The topological polar surface area (TPSA) is 28.2 Å². The predicted molar refractivity (Wildman–Crippen MR) is 51.1 cm³/mol. The minimum atomic E-state index is 0.691. The maximum absolute atomic E-state index is 5.41. The van der Waals surface area contributed by atoms with Crippen LogP contribution in [0.4, 0.5) is 5.82 Å². The van der Waals surface area contributed by atoms with E-state index < -0.39 is 0 Å². The Balaban J connectivity index is 2.72. The minimum absolute atomic E-state index is 0.691. The summed E-state index contributed by atoms with van der Waals surface area (Å²) in [6, 6.07) is 3.89. The molecule has 0 radical (unpaired) electrons. The van der Waals surface area contributed by atoms with Crippen molar-refractivity contribution < 1.29 is 0 Å². The maximum atomic E-state index is 5.41. The van der Waals surface area contributed by atoms with Crippen LogP contribution in [0.5, 0.6) is 0 Å². The lowest BCUT2D eigenvalue weighted by Crippen LogP contribution is -2.10. The second kappa shape index (κ2) is 4.28. The summed E-state index contributed by atoms with van der Waals surface area (Å²) in [4.78, 5) is 8.58. The molecule has 3 nitrogen and oxygen atoms in total. The number of rotatable bonds is 3. The average Bonchev–Trinajstić information content (AvgIpc) is 2.03. The van der Waals surface area contributed by atoms with Gasteiger partial charge in [0.05, 0.1) is 0 Å². The zero-order chi connectivity index (χ0) is 8.97. The van der Waals surface area contributed by atoms with E-state index in [2.05, 4.69) is 14.7 Å². The highest BCUT2D eigenvalue weighted by Crippen LogP contribution is 2.08. The van der Waals surface area contributed by atoms with Crippen molar-refractivity contribution in [3.8, 4) is 0 Å². The third-order valence-electron chi connectivity index (χ3n) is 1.42. The van der Waals surface area contributed by atoms with Crippen molar-refractivity contribution in [2.24, 2.45) is 0 Å². The quantitative estimate of drug-likeness (QED) is 0.727. The number of nitrogens with zero attached hydrogens (tertiary/aromatic N) is 2. The molecule has 1 aromatic rings. The summed E-state index contributed by atoms with van der Waals surface area (Å²) in [5.41, 5.74) is 1.19. The van der Waals surface area contributed by atoms with Gasteiger partial charge >= 0.3 is 0 Å². The molecule has 0 saturated carbocycles. The maximum Gasteiger partial charge on any atom is 0.140 e. The Morgan fingerprint density at radius 3 is 2.92 bits per heavy atom. The van der Waals surface area contributed by atoms with Gasteiger partial charge in [0, 0.05) is 24.5 Å². The molecule has 0 aliphatic heterocycles. The van der Waals surface area contributed by atoms with Crippen LogP contribution in [0.15, 0.2) is 18.3 Å². The SMILES string of the molecule is CN(C)Cc1ccnc(NCl)c1. The van der Waals surface area contributed by atoms with Crippen LogP contribution in [-0.2, 0) is 6.54 Å². The first kappa shape index (κ1) is 9.29. The minimum Gasteiger partial charge on any atom is -0.305 e. The predicted octanol–water partition coefficient (Wildman–Crippen LogP) is 1.71. The first-order valence-electron chi connectivity index (χ1n) is 3.68. The summed E-state index contributed by atoms with van der Waals surface area (Å²) in [6.07, 6.45) is 1.74. The fourth-order valence-electron chi connectivity index (χ4n) is 0.989. The standard InChI is InChI=1S/C8H12ClN3/c1-12(2)6-7-3-4-10-8(5-7)11-9/h3-5H,6H2,1-2H3,(H,10,11). The number of hydrogen-bond donors (Lipinski definition) is 1. The number of pyridine rings is 1. The van der Waals surface area contributed by atoms with Gasteiger partial charge in [-0.1, -0.05) is 0 Å². The lowest BCUT2D eigenvalue weighted by atomic mass is 10.2. The van der Waals surface area contributed by atoms with Crippen LogP contribution in [0.3, 0.4) is 0 Å². The van der Waals surface area contributed by atoms with E-state index in [1.54, 1.807) is 6.20 Å². The van der Waals surface area contributed by atoms with Crippen molar-refractivity contribution in [3.63, 3.8) is 0 Å². The van der Waals surface area contributed by atoms with Gasteiger partial charge < -0.3 is 4.90 Å². The molecule has 0 fully saturated rings. The zero-order valence-electron chi connectivity index (χ0n) is 7.21. The summed E-state index contributed by atoms with van der Waals surface area (Å²) in [7, 11) is 4.04. The van der Waals surface area contributed by atoms with Gasteiger partial charge in [0.15, 0.2) is 0 Å². The Hall–Kier alpha value is -0.800. The van der Waals surface area contributed by atoms with E-state index in [1.165, 1.54) is 5.56 Å². The van der Waals surface area contributed by atoms with Crippen LogP contribution in [0, 0.1) is 0 Å². The van der Waals surface area contributed by atoms with E-state index >= 15 is 0 Å². The van der Waals surface area contributed by atoms with E-state index in [0.717, 1.165) is 6.54 Å². The first-order valence-corrected chi connectivity index (χ1v) is 4.06. The molecule has 1 aromatic heterocycles. The third kappa shape index (κ3) is 2.68. The van der Waals surface area contributed by atoms with Crippen molar-refractivity contribution in [2.75, 3.05) is 18.9 Å². The van der Waals surface area contributed by atoms with Crippen molar-refractivity contribution in [3.05, 3.63) is 23.9 Å². The molecule has 0 bridgehead atoms. The molecule has 0 saturated heterocycles. The van der Waals surface area contributed by atoms with Gasteiger partial charge in [-0.05, 0) is 31.8 Å². The van der Waals surface area contributed by atoms with Crippen LogP contribution in [0.1, 0.15) is 5.56 Å². The third-order valence-corrected chi connectivity index (χ3v) is 1.61. The van der Waals surface area contributed by atoms with Gasteiger partial charge in [-0.3, -0.25) is 4.84 Å². The number of nitrogens with one attached hydrogen (secondary N) is 1. The Morgan fingerprint density at radius 1 is 1.58 bits per heavy atom. The number of halogens is 1. The molecule has 0 spiro atoms. The lowest BCUT2D eigenvalue weighted by Gasteiger charge is -2.09. The van der Waals surface area contributed by atoms with E-state index in [4.69, 9.17) is 11.8 Å². The molecule has 1 rings (SSSR count). The van der Waals surface area contributed by atoms with E-state index in [1.807, 2.05) is 26.2 Å². The van der Waals surface area contributed by atoms with Gasteiger partial charge in [0.1, 0.15) is 5.82 Å². The molecule has 1 heterocycles. The van der Waals surface area contributed by atoms with Gasteiger partial charge in [-0.25, -0.2) is 4.98 Å². The summed E-state index contributed by atoms with van der Waals surface area (Å²) >= 11 is 5.41. The molecule has 0 aliphatic rings. The highest BCUT2D eigenvalue weighted by atomic mass is 35.5. The normalized spacial score (nSPS) is 10.3. The van der Waals surface area contributed by atoms with Crippen LogP contribution < -0.4 is 4.84 Å². The summed E-state index contributed by atoms with van der Waals surface area (Å²) in [6.45, 7) is 0.897. The molecular weight excluding hydrogens is 174 g/mol. The molecule has 66 valence electrons. The first-order chi connectivity index (χ1) is 5.72. The largest absolute Gasteiger partial charge is 0.305 e. The average molecular weight is 186 g/mol. The van der Waals surface area contributed by atoms with Crippen LogP contribution in [0.2, 0.25) is 0 Å². The van der Waals surface area contributed by atoms with Gasteiger partial charge in [-0.15, -0.1) is 0 Å². The molecule has 1 N–H and O–H groups in total. The Bertz CT molecular complexity index is 250. The molecular formula is C8H12ClN3. The molecule has 0 atom stereocenters. The van der Waals surface area contributed by atoms with Crippen LogP contribution in [-0.4, -0.2) is 24.0 Å². The second-order valence-electron chi connectivity index (χ2n) is 2.88. The van der Waals surface area contributed by atoms with Gasteiger partial charge in [0.25, 0.3) is 0 Å². The van der Waals surface area contributed by atoms with Crippen LogP contribution >= 0.6 is 11.8 Å². The van der Waals surface area contributed by atoms with Crippen molar-refractivity contribution in [1.82, 2.24) is 9.88 Å². The Labute approximate surface area is 77.5 Å². The Kier molecular flexibility index (Phi) is 3.31. The second-order valence-corrected chi connectivity index (χ2v) is 3.07. The zero-order valence-corrected chi connectivity index (χ0v) is 7.97. The van der Waals surface area contributed by atoms with Crippen LogP contribution in [0.25, 0.3) is 0 Å². The highest BCUT2D eigenvalue weighted by Gasteiger charge is 1.96. The molecule has 4 heteroatoms. The van der Waals surface area contributed by atoms with Crippen molar-refractivity contribution >= 4 is 17.6 Å². The molecule has 12 heavy (non-hydrogen) atoms. The number of anilines is 1. The molecule has 0 aliphatic carbocycles. The lowest BCUT2D eigenvalue weighted by molar-refractivity contribution is 0.402. The Morgan fingerprint density at radius 2 is 2.33 bits per heavy atom. The van der Waals surface area contributed by atoms with E-state index in [-0.39, 0.29) is 0 Å². The fourth-order valence-corrected chi connectivity index (χ4v) is 1.09. The monoisotopic (exact) mass is 185 g/mol. The van der Waals surface area contributed by atoms with E-state index in [0.29, 0.717) is 5.82 Å². The smallest absolute Gasteiger partial charge is 0.140 e. The van der Waals surface area contributed by atoms with E-state index in [9.17, 15) is 0 Å². The highest BCUT2D eigenvalue weighted by molar-refractivity contribution is 6.23. The summed E-state index contributed by atoms with van der Waals surface area (Å²) in [5.74, 6) is 0.691. The molecule has 0 unspecified atom stereocenters. The van der Waals surface area contributed by atoms with Crippen molar-refractivity contribution in [1.29, 1.82) is 0 Å². The van der Waals surface area contributed by atoms with Gasteiger partial charge in [0.2, 0.25) is 0 Å². The van der Waals surface area contributed by atoms with Crippen molar-refractivity contribution in [2.45, 2.75) is 6.54 Å². The van der Waals surface area contributed by atoms with Gasteiger partial charge in [-0.2, -0.15) is 0 Å². The molecule has 0 amide bonds. The summed E-state index contributed by atoms with van der Waals surface area (Å²) in [5, 5.41) is 0. The fraction of sp³-hybridized carbons (Fsp3) is 0.375. The molecule has 0 aromatic carbocycles. The summed E-state index contributed by atoms with van der Waals surface area (Å²) < 4.78 is 0. The number of hydrogen-bond acceptors (Lipinski definition) is 3. The number of aromatic nitrogens is 1.